The van der Waals surface area contributed by atoms with Gasteiger partial charge in [-0.15, -0.1) is 0 Å². The monoisotopic (exact) mass is 291 g/mol. The molecule has 1 atom stereocenters. The summed E-state index contributed by atoms with van der Waals surface area (Å²) in [4.78, 5) is 4.29. The lowest BCUT2D eigenvalue weighted by atomic mass is 10.1. The van der Waals surface area contributed by atoms with Crippen molar-refractivity contribution in [3.63, 3.8) is 0 Å². The van der Waals surface area contributed by atoms with Gasteiger partial charge in [0.25, 0.3) is 0 Å². The van der Waals surface area contributed by atoms with Gasteiger partial charge in [0.05, 0.1) is 18.2 Å². The molecule has 1 aliphatic heterocycles. The summed E-state index contributed by atoms with van der Waals surface area (Å²) in [6.07, 6.45) is 5.06. The number of rotatable bonds is 2. The van der Waals surface area contributed by atoms with Crippen molar-refractivity contribution in [3.05, 3.63) is 41.3 Å². The van der Waals surface area contributed by atoms with Crippen molar-refractivity contribution in [1.82, 2.24) is 14.9 Å². The van der Waals surface area contributed by atoms with E-state index >= 15 is 0 Å². The second kappa shape index (κ2) is 4.63. The van der Waals surface area contributed by atoms with Crippen LogP contribution in [-0.4, -0.2) is 22.6 Å². The van der Waals surface area contributed by atoms with Crippen LogP contribution in [0.25, 0.3) is 11.3 Å². The molecule has 3 rings (SSSR count). The smallest absolute Gasteiger partial charge is 0.0954 e. The minimum Gasteiger partial charge on any atom is -0.326 e. The molecule has 1 N–H and O–H groups in total. The maximum absolute atomic E-state index is 4.29. The van der Waals surface area contributed by atoms with Crippen LogP contribution < -0.4 is 5.32 Å². The zero-order valence-corrected chi connectivity index (χ0v) is 11.0. The molecule has 2 heterocycles. The molecule has 4 heteroatoms. The fourth-order valence-electron chi connectivity index (χ4n) is 2.34. The Hall–Kier alpha value is -1.13. The Morgan fingerprint density at radius 2 is 2.35 bits per heavy atom. The summed E-state index contributed by atoms with van der Waals surface area (Å²) in [7, 11) is 0. The highest BCUT2D eigenvalue weighted by Crippen LogP contribution is 2.27. The molecule has 1 saturated heterocycles. The molecule has 0 radical (unpaired) electrons. The summed E-state index contributed by atoms with van der Waals surface area (Å²) < 4.78 is 3.38. The molecule has 0 spiro atoms. The molecule has 1 unspecified atom stereocenters. The zero-order chi connectivity index (χ0) is 11.7. The summed E-state index contributed by atoms with van der Waals surface area (Å²) >= 11 is 3.51. The van der Waals surface area contributed by atoms with Crippen molar-refractivity contribution in [3.8, 4) is 11.3 Å². The molecule has 1 aromatic carbocycles. The first-order valence-electron chi connectivity index (χ1n) is 5.83. The Bertz CT molecular complexity index is 515. The average Bonchev–Trinajstić information content (AvgIpc) is 3.00. The van der Waals surface area contributed by atoms with Gasteiger partial charge in [0.1, 0.15) is 0 Å². The Morgan fingerprint density at radius 1 is 1.41 bits per heavy atom. The summed E-state index contributed by atoms with van der Waals surface area (Å²) in [5, 5.41) is 3.39. The molecule has 0 aliphatic carbocycles. The van der Waals surface area contributed by atoms with E-state index in [1.807, 2.05) is 18.6 Å². The quantitative estimate of drug-likeness (QED) is 0.922. The number of hydrogen-bond acceptors (Lipinski definition) is 2. The van der Waals surface area contributed by atoms with Gasteiger partial charge >= 0.3 is 0 Å². The van der Waals surface area contributed by atoms with Gasteiger partial charge in [-0.3, -0.25) is 0 Å². The van der Waals surface area contributed by atoms with E-state index in [1.54, 1.807) is 0 Å². The third-order valence-electron chi connectivity index (χ3n) is 3.21. The lowest BCUT2D eigenvalue weighted by Crippen LogP contribution is -2.13. The number of imidazole rings is 1. The van der Waals surface area contributed by atoms with Crippen molar-refractivity contribution in [2.24, 2.45) is 0 Å². The van der Waals surface area contributed by atoms with Gasteiger partial charge in [0.15, 0.2) is 0 Å². The van der Waals surface area contributed by atoms with Crippen LogP contribution in [0.1, 0.15) is 12.5 Å². The zero-order valence-electron chi connectivity index (χ0n) is 9.44. The van der Waals surface area contributed by atoms with E-state index in [-0.39, 0.29) is 0 Å². The van der Waals surface area contributed by atoms with E-state index in [1.165, 1.54) is 17.7 Å². The minimum atomic E-state index is 0.534. The van der Waals surface area contributed by atoms with Gasteiger partial charge < -0.3 is 9.88 Å². The highest BCUT2D eigenvalue weighted by atomic mass is 79.9. The summed E-state index contributed by atoms with van der Waals surface area (Å²) in [6, 6.07) is 8.90. The van der Waals surface area contributed by atoms with Crippen LogP contribution in [0.5, 0.6) is 0 Å². The van der Waals surface area contributed by atoms with E-state index < -0.39 is 0 Å². The normalized spacial score (nSPS) is 19.7. The minimum absolute atomic E-state index is 0.534. The fourth-order valence-corrected chi connectivity index (χ4v) is 2.74. The fraction of sp³-hybridized carbons (Fsp3) is 0.308. The Morgan fingerprint density at radius 3 is 3.12 bits per heavy atom. The van der Waals surface area contributed by atoms with Crippen LogP contribution in [0.3, 0.4) is 0 Å². The van der Waals surface area contributed by atoms with Crippen LogP contribution >= 0.6 is 15.9 Å². The average molecular weight is 292 g/mol. The van der Waals surface area contributed by atoms with Gasteiger partial charge in [0, 0.05) is 22.6 Å². The van der Waals surface area contributed by atoms with Crippen molar-refractivity contribution >= 4 is 15.9 Å². The molecular formula is C13H14BrN3. The van der Waals surface area contributed by atoms with E-state index in [4.69, 9.17) is 0 Å². The third-order valence-corrected chi connectivity index (χ3v) is 3.71. The Kier molecular flexibility index (Phi) is 2.99. The van der Waals surface area contributed by atoms with Crippen LogP contribution in [0.2, 0.25) is 0 Å². The SMILES string of the molecule is Brc1cccc(-c2cncn2C2CCNC2)c1. The maximum atomic E-state index is 4.29. The van der Waals surface area contributed by atoms with E-state index in [2.05, 4.69) is 49.0 Å². The molecule has 17 heavy (non-hydrogen) atoms. The molecule has 88 valence electrons. The number of aromatic nitrogens is 2. The molecule has 1 aliphatic rings. The van der Waals surface area contributed by atoms with E-state index in [9.17, 15) is 0 Å². The topological polar surface area (TPSA) is 29.9 Å². The number of nitrogens with zero attached hydrogens (tertiary/aromatic N) is 2. The van der Waals surface area contributed by atoms with Crippen LogP contribution in [0.15, 0.2) is 41.3 Å². The van der Waals surface area contributed by atoms with E-state index in [0.29, 0.717) is 6.04 Å². The second-order valence-corrected chi connectivity index (χ2v) is 5.26. The number of halogens is 1. The number of hydrogen-bond donors (Lipinski definition) is 1. The summed E-state index contributed by atoms with van der Waals surface area (Å²) in [5.74, 6) is 0. The predicted molar refractivity (Wildman–Crippen MR) is 71.9 cm³/mol. The van der Waals surface area contributed by atoms with Crippen LogP contribution in [0, 0.1) is 0 Å². The number of nitrogens with one attached hydrogen (secondary N) is 1. The van der Waals surface area contributed by atoms with Crippen molar-refractivity contribution < 1.29 is 0 Å². The summed E-state index contributed by atoms with van der Waals surface area (Å²) in [5.41, 5.74) is 2.41. The van der Waals surface area contributed by atoms with Crippen molar-refractivity contribution in [2.45, 2.75) is 12.5 Å². The molecule has 1 fully saturated rings. The predicted octanol–water partition coefficient (Wildman–Crippen LogP) is 2.85. The number of benzene rings is 1. The highest BCUT2D eigenvalue weighted by Gasteiger charge is 2.19. The van der Waals surface area contributed by atoms with Crippen molar-refractivity contribution in [1.29, 1.82) is 0 Å². The molecular weight excluding hydrogens is 278 g/mol. The lowest BCUT2D eigenvalue weighted by Gasteiger charge is -2.14. The van der Waals surface area contributed by atoms with Crippen LogP contribution in [-0.2, 0) is 0 Å². The van der Waals surface area contributed by atoms with Gasteiger partial charge in [-0.05, 0) is 25.1 Å². The highest BCUT2D eigenvalue weighted by molar-refractivity contribution is 9.10. The van der Waals surface area contributed by atoms with E-state index in [0.717, 1.165) is 17.6 Å². The van der Waals surface area contributed by atoms with Crippen LogP contribution in [0.4, 0.5) is 0 Å². The Labute approximate surface area is 109 Å². The first-order valence-corrected chi connectivity index (χ1v) is 6.62. The first kappa shape index (κ1) is 11.0. The molecule has 0 amide bonds. The van der Waals surface area contributed by atoms with Crippen molar-refractivity contribution in [2.75, 3.05) is 13.1 Å². The van der Waals surface area contributed by atoms with Gasteiger partial charge in [0.2, 0.25) is 0 Å². The molecule has 1 aromatic heterocycles. The largest absolute Gasteiger partial charge is 0.326 e. The van der Waals surface area contributed by atoms with Gasteiger partial charge in [-0.1, -0.05) is 28.1 Å². The molecule has 0 bridgehead atoms. The van der Waals surface area contributed by atoms with Gasteiger partial charge in [-0.25, -0.2) is 4.98 Å². The Balaban J connectivity index is 2.00. The third kappa shape index (κ3) is 2.15. The first-order chi connectivity index (χ1) is 8.34. The lowest BCUT2D eigenvalue weighted by molar-refractivity contribution is 0.551. The molecule has 3 nitrogen and oxygen atoms in total. The van der Waals surface area contributed by atoms with Gasteiger partial charge in [-0.2, -0.15) is 0 Å². The second-order valence-electron chi connectivity index (χ2n) is 4.34. The standard InChI is InChI=1S/C13H14BrN3/c14-11-3-1-2-10(6-11)13-8-16-9-17(13)12-4-5-15-7-12/h1-3,6,8-9,12,15H,4-5,7H2. The molecule has 0 saturated carbocycles. The summed E-state index contributed by atoms with van der Waals surface area (Å²) in [6.45, 7) is 2.14. The molecule has 2 aromatic rings. The maximum Gasteiger partial charge on any atom is 0.0954 e.